The quantitative estimate of drug-likeness (QED) is 0.229. The summed E-state index contributed by atoms with van der Waals surface area (Å²) in [5.41, 5.74) is 6.30. The van der Waals surface area contributed by atoms with Crippen LogP contribution in [0.4, 0.5) is 5.00 Å². The highest BCUT2D eigenvalue weighted by molar-refractivity contribution is 7.16. The van der Waals surface area contributed by atoms with E-state index >= 15 is 0 Å². The first-order valence-corrected chi connectivity index (χ1v) is 14.3. The average Bonchev–Trinajstić information content (AvgIpc) is 3.35. The highest BCUT2D eigenvalue weighted by atomic mass is 32.1. The molecule has 202 valence electrons. The minimum atomic E-state index is -0.642. The van der Waals surface area contributed by atoms with E-state index < -0.39 is 18.5 Å². The summed E-state index contributed by atoms with van der Waals surface area (Å²) in [6, 6.07) is 26.9. The zero-order valence-electron chi connectivity index (χ0n) is 22.4. The van der Waals surface area contributed by atoms with Crippen LogP contribution in [0.1, 0.15) is 39.7 Å². The number of hydrogen-bond acceptors (Lipinski definition) is 7. The second kappa shape index (κ2) is 11.3. The average molecular weight is 559 g/mol. The van der Waals surface area contributed by atoms with E-state index in [4.69, 9.17) is 14.7 Å². The molecule has 1 aliphatic carbocycles. The minimum absolute atomic E-state index is 0.268. The number of carbonyl (C=O) groups is 2. The summed E-state index contributed by atoms with van der Waals surface area (Å²) in [6.45, 7) is 1.73. The van der Waals surface area contributed by atoms with Gasteiger partial charge in [-0.1, -0.05) is 67.6 Å². The third kappa shape index (κ3) is 5.45. The van der Waals surface area contributed by atoms with Gasteiger partial charge in [-0.15, -0.1) is 11.3 Å². The number of hydrogen-bond donors (Lipinski definition) is 1. The number of carbonyl (C=O) groups excluding carboxylic acids is 2. The molecule has 5 aromatic rings. The molecular formula is C33H26N4O3S. The summed E-state index contributed by atoms with van der Waals surface area (Å²) in [4.78, 5) is 36.5. The Kier molecular flexibility index (Phi) is 7.28. The first kappa shape index (κ1) is 26.4. The summed E-state index contributed by atoms with van der Waals surface area (Å²) in [5, 5.41) is 13.0. The summed E-state index contributed by atoms with van der Waals surface area (Å²) < 4.78 is 5.33. The molecule has 1 aliphatic rings. The minimum Gasteiger partial charge on any atom is -0.452 e. The fourth-order valence-corrected chi connectivity index (χ4v) is 6.49. The number of fused-ring (bicyclic) bond motifs is 2. The van der Waals surface area contributed by atoms with Gasteiger partial charge in [0.15, 0.2) is 6.61 Å². The van der Waals surface area contributed by atoms with E-state index in [1.807, 2.05) is 60.7 Å². The molecule has 2 aromatic heterocycles. The van der Waals surface area contributed by atoms with Crippen molar-refractivity contribution in [1.29, 1.82) is 5.26 Å². The standard InChI is InChI=1S/C33H26N4O3S/c1-20-12-14-24-25(18-34)32(41-28(24)16-20)37-29(38)19-40-33(39)23-13-15-26-27(17-23)36-31(22-10-6-3-7-11-22)30(35-26)21-8-4-2-5-9-21/h2-11,13,15,17,20H,12,14,16,19H2,1H3,(H,37,38). The molecule has 1 atom stereocenters. The Bertz CT molecular complexity index is 1810. The predicted octanol–water partition coefficient (Wildman–Crippen LogP) is 6.82. The van der Waals surface area contributed by atoms with Crippen LogP contribution in [-0.4, -0.2) is 28.5 Å². The number of esters is 1. The molecule has 0 aliphatic heterocycles. The van der Waals surface area contributed by atoms with Crippen molar-refractivity contribution in [2.75, 3.05) is 11.9 Å². The maximum atomic E-state index is 12.9. The van der Waals surface area contributed by atoms with Gasteiger partial charge in [-0.3, -0.25) is 4.79 Å². The number of nitrogens with one attached hydrogen (secondary N) is 1. The van der Waals surface area contributed by atoms with Crippen LogP contribution in [0.5, 0.6) is 0 Å². The Labute approximate surface area is 241 Å². The van der Waals surface area contributed by atoms with Gasteiger partial charge in [0.2, 0.25) is 0 Å². The molecule has 0 saturated heterocycles. The van der Waals surface area contributed by atoms with Crippen molar-refractivity contribution in [3.63, 3.8) is 0 Å². The van der Waals surface area contributed by atoms with E-state index in [1.54, 1.807) is 18.2 Å². The largest absolute Gasteiger partial charge is 0.452 e. The summed E-state index contributed by atoms with van der Waals surface area (Å²) in [7, 11) is 0. The van der Waals surface area contributed by atoms with Gasteiger partial charge in [-0.2, -0.15) is 5.26 Å². The van der Waals surface area contributed by atoms with Gasteiger partial charge in [-0.05, 0) is 48.9 Å². The molecule has 6 rings (SSSR count). The molecule has 0 saturated carbocycles. The maximum Gasteiger partial charge on any atom is 0.338 e. The lowest BCUT2D eigenvalue weighted by Crippen LogP contribution is -2.21. The number of nitriles is 1. The Balaban J connectivity index is 1.21. The molecule has 8 heteroatoms. The Morgan fingerprint density at radius 1 is 0.976 bits per heavy atom. The zero-order chi connectivity index (χ0) is 28.3. The third-order valence-corrected chi connectivity index (χ3v) is 8.37. The zero-order valence-corrected chi connectivity index (χ0v) is 23.2. The molecule has 41 heavy (non-hydrogen) atoms. The molecule has 0 fully saturated rings. The number of benzene rings is 3. The third-order valence-electron chi connectivity index (χ3n) is 7.21. The van der Waals surface area contributed by atoms with Crippen LogP contribution >= 0.6 is 11.3 Å². The van der Waals surface area contributed by atoms with Crippen LogP contribution in [0.3, 0.4) is 0 Å². The van der Waals surface area contributed by atoms with Crippen molar-refractivity contribution in [2.45, 2.75) is 26.2 Å². The van der Waals surface area contributed by atoms with Crippen molar-refractivity contribution in [1.82, 2.24) is 9.97 Å². The van der Waals surface area contributed by atoms with Crippen molar-refractivity contribution < 1.29 is 14.3 Å². The number of ether oxygens (including phenoxy) is 1. The number of nitrogens with zero attached hydrogens (tertiary/aromatic N) is 3. The lowest BCUT2D eigenvalue weighted by molar-refractivity contribution is -0.119. The van der Waals surface area contributed by atoms with E-state index in [9.17, 15) is 14.9 Å². The van der Waals surface area contributed by atoms with Gasteiger partial charge >= 0.3 is 5.97 Å². The van der Waals surface area contributed by atoms with Gasteiger partial charge in [-0.25, -0.2) is 14.8 Å². The smallest absolute Gasteiger partial charge is 0.338 e. The molecule has 1 amide bonds. The molecule has 7 nitrogen and oxygen atoms in total. The number of aromatic nitrogens is 2. The number of thiophene rings is 1. The molecular weight excluding hydrogens is 532 g/mol. The van der Waals surface area contributed by atoms with Crippen molar-refractivity contribution in [3.05, 3.63) is 100 Å². The predicted molar refractivity (Wildman–Crippen MR) is 160 cm³/mol. The normalized spacial score (nSPS) is 14.2. The molecule has 3 aromatic carbocycles. The monoisotopic (exact) mass is 558 g/mol. The Hall–Kier alpha value is -4.87. The van der Waals surface area contributed by atoms with E-state index in [2.05, 4.69) is 18.3 Å². The fourth-order valence-electron chi connectivity index (χ4n) is 5.11. The number of rotatable bonds is 6. The molecule has 2 heterocycles. The first-order valence-electron chi connectivity index (χ1n) is 13.4. The first-order chi connectivity index (χ1) is 20.0. The van der Waals surface area contributed by atoms with Crippen LogP contribution < -0.4 is 5.32 Å². The lowest BCUT2D eigenvalue weighted by Gasteiger charge is -2.17. The van der Waals surface area contributed by atoms with Crippen LogP contribution in [0.15, 0.2) is 78.9 Å². The highest BCUT2D eigenvalue weighted by Gasteiger charge is 2.25. The van der Waals surface area contributed by atoms with Crippen LogP contribution in [0.2, 0.25) is 0 Å². The van der Waals surface area contributed by atoms with Gasteiger partial charge < -0.3 is 10.1 Å². The Morgan fingerprint density at radius 3 is 2.29 bits per heavy atom. The second-order valence-electron chi connectivity index (χ2n) is 10.1. The van der Waals surface area contributed by atoms with E-state index in [1.165, 1.54) is 11.3 Å². The van der Waals surface area contributed by atoms with Crippen molar-refractivity contribution in [2.24, 2.45) is 5.92 Å². The molecule has 0 spiro atoms. The second-order valence-corrected chi connectivity index (χ2v) is 11.3. The topological polar surface area (TPSA) is 105 Å². The summed E-state index contributed by atoms with van der Waals surface area (Å²) >= 11 is 1.44. The van der Waals surface area contributed by atoms with Gasteiger partial charge in [0.1, 0.15) is 11.1 Å². The van der Waals surface area contributed by atoms with Gasteiger partial charge in [0.05, 0.1) is 33.5 Å². The molecule has 0 radical (unpaired) electrons. The van der Waals surface area contributed by atoms with Gasteiger partial charge in [0.25, 0.3) is 5.91 Å². The van der Waals surface area contributed by atoms with E-state index in [-0.39, 0.29) is 5.56 Å². The number of anilines is 1. The van der Waals surface area contributed by atoms with Crippen LogP contribution in [-0.2, 0) is 22.4 Å². The number of amides is 1. The summed E-state index contributed by atoms with van der Waals surface area (Å²) in [6.07, 6.45) is 2.77. The van der Waals surface area contributed by atoms with Crippen molar-refractivity contribution >= 4 is 39.2 Å². The molecule has 1 unspecified atom stereocenters. The molecule has 0 bridgehead atoms. The molecule has 1 N–H and O–H groups in total. The van der Waals surface area contributed by atoms with Crippen LogP contribution in [0, 0.1) is 17.2 Å². The highest BCUT2D eigenvalue weighted by Crippen LogP contribution is 2.39. The SMILES string of the molecule is CC1CCc2c(sc(NC(=O)COC(=O)c3ccc4nc(-c5ccccc5)c(-c5ccccc5)nc4c3)c2C#N)C1. The van der Waals surface area contributed by atoms with E-state index in [0.717, 1.165) is 46.5 Å². The maximum absolute atomic E-state index is 12.9. The Morgan fingerprint density at radius 2 is 1.63 bits per heavy atom. The lowest BCUT2D eigenvalue weighted by atomic mass is 9.89. The van der Waals surface area contributed by atoms with Crippen molar-refractivity contribution in [3.8, 4) is 28.6 Å². The van der Waals surface area contributed by atoms with Crippen LogP contribution in [0.25, 0.3) is 33.5 Å². The fraction of sp³-hybridized carbons (Fsp3) is 0.182. The van der Waals surface area contributed by atoms with E-state index in [0.29, 0.717) is 33.2 Å². The summed E-state index contributed by atoms with van der Waals surface area (Å²) in [5.74, 6) is -0.574. The van der Waals surface area contributed by atoms with Gasteiger partial charge in [0, 0.05) is 16.0 Å².